The predicted octanol–water partition coefficient (Wildman–Crippen LogP) is 16.0. The SMILES string of the molecule is c1cc(-c2cccc3ccccc23)cc(N(c2ccc(-c3ccc4c(c3)sc3ccccc34)cc2)c2ccc(-c3ccc4c(c3)sc3ccccc34)cc2)c1. The Bertz CT molecular complexity index is 3040. The number of thiophene rings is 2. The first-order chi connectivity index (χ1) is 27.2. The smallest absolute Gasteiger partial charge is 0.0467 e. The zero-order valence-corrected chi connectivity index (χ0v) is 31.4. The largest absolute Gasteiger partial charge is 0.310 e. The molecule has 11 aromatic rings. The molecule has 0 atom stereocenters. The average molecular weight is 736 g/mol. The fourth-order valence-corrected chi connectivity index (χ4v) is 10.4. The summed E-state index contributed by atoms with van der Waals surface area (Å²) in [5.41, 5.74) is 10.6. The van der Waals surface area contributed by atoms with Crippen LogP contribution in [0.2, 0.25) is 0 Å². The molecule has 1 nitrogen and oxygen atoms in total. The lowest BCUT2D eigenvalue weighted by Gasteiger charge is -2.26. The van der Waals surface area contributed by atoms with E-state index >= 15 is 0 Å². The fraction of sp³-hybridized carbons (Fsp3) is 0. The molecule has 0 fully saturated rings. The highest BCUT2D eigenvalue weighted by Crippen LogP contribution is 2.42. The van der Waals surface area contributed by atoms with Gasteiger partial charge in [-0.15, -0.1) is 22.7 Å². The number of nitrogens with zero attached hydrogens (tertiary/aromatic N) is 1. The molecular weight excluding hydrogens is 703 g/mol. The van der Waals surface area contributed by atoms with E-state index in [2.05, 4.69) is 205 Å². The minimum Gasteiger partial charge on any atom is -0.310 e. The molecule has 0 N–H and O–H groups in total. The molecule has 0 spiro atoms. The quantitative estimate of drug-likeness (QED) is 0.164. The third-order valence-electron chi connectivity index (χ3n) is 10.9. The van der Waals surface area contributed by atoms with Crippen LogP contribution in [-0.2, 0) is 0 Å². The van der Waals surface area contributed by atoms with Gasteiger partial charge >= 0.3 is 0 Å². The first-order valence-corrected chi connectivity index (χ1v) is 20.3. The standard InChI is InChI=1S/C52H33NS2/c1-2-13-43-36(9-1)10-8-16-44(43)39-11-7-12-42(31-39)53(40-25-19-34(20-26-40)37-23-29-47-45-14-3-5-17-49(45)54-51(47)32-37)41-27-21-35(22-28-41)38-24-30-48-46-15-4-6-18-50(46)55-52(48)33-38/h1-33H. The van der Waals surface area contributed by atoms with Crippen LogP contribution in [0.4, 0.5) is 17.1 Å². The summed E-state index contributed by atoms with van der Waals surface area (Å²) < 4.78 is 5.30. The molecular formula is C52H33NS2. The molecule has 0 aliphatic heterocycles. The second kappa shape index (κ2) is 13.1. The highest BCUT2D eigenvalue weighted by Gasteiger charge is 2.16. The van der Waals surface area contributed by atoms with Crippen molar-refractivity contribution in [3.8, 4) is 33.4 Å². The first-order valence-electron chi connectivity index (χ1n) is 18.7. The summed E-state index contributed by atoms with van der Waals surface area (Å²) in [6.07, 6.45) is 0. The fourth-order valence-electron chi connectivity index (χ4n) is 8.15. The monoisotopic (exact) mass is 735 g/mol. The van der Waals surface area contributed by atoms with Gasteiger partial charge in [0.25, 0.3) is 0 Å². The van der Waals surface area contributed by atoms with E-state index in [1.54, 1.807) is 0 Å². The van der Waals surface area contributed by atoms with Crippen LogP contribution in [0.1, 0.15) is 0 Å². The van der Waals surface area contributed by atoms with Crippen molar-refractivity contribution in [2.75, 3.05) is 4.90 Å². The number of anilines is 3. The van der Waals surface area contributed by atoms with Crippen LogP contribution in [-0.4, -0.2) is 0 Å². The van der Waals surface area contributed by atoms with E-state index < -0.39 is 0 Å². The number of hydrogen-bond acceptors (Lipinski definition) is 3. The zero-order chi connectivity index (χ0) is 36.3. The lowest BCUT2D eigenvalue weighted by atomic mass is 9.97. The van der Waals surface area contributed by atoms with E-state index in [-0.39, 0.29) is 0 Å². The predicted molar refractivity (Wildman–Crippen MR) is 241 cm³/mol. The Morgan fingerprint density at radius 1 is 0.273 bits per heavy atom. The van der Waals surface area contributed by atoms with E-state index in [1.165, 1.54) is 84.5 Å². The van der Waals surface area contributed by atoms with Gasteiger partial charge in [-0.3, -0.25) is 0 Å². The van der Waals surface area contributed by atoms with Crippen LogP contribution in [0.25, 0.3) is 84.5 Å². The molecule has 2 heterocycles. The minimum absolute atomic E-state index is 1.11. The number of hydrogen-bond donors (Lipinski definition) is 0. The number of rotatable bonds is 6. The number of fused-ring (bicyclic) bond motifs is 7. The Labute approximate surface area is 327 Å². The van der Waals surface area contributed by atoms with E-state index in [0.717, 1.165) is 17.1 Å². The molecule has 55 heavy (non-hydrogen) atoms. The van der Waals surface area contributed by atoms with Crippen molar-refractivity contribution in [1.29, 1.82) is 0 Å². The second-order valence-electron chi connectivity index (χ2n) is 14.1. The van der Waals surface area contributed by atoms with Gasteiger partial charge in [0.1, 0.15) is 0 Å². The summed E-state index contributed by atoms with van der Waals surface area (Å²) in [5, 5.41) is 7.82. The highest BCUT2D eigenvalue weighted by atomic mass is 32.1. The highest BCUT2D eigenvalue weighted by molar-refractivity contribution is 7.26. The van der Waals surface area contributed by atoms with Crippen molar-refractivity contribution in [2.24, 2.45) is 0 Å². The van der Waals surface area contributed by atoms with Crippen LogP contribution in [0.15, 0.2) is 200 Å². The molecule has 9 aromatic carbocycles. The zero-order valence-electron chi connectivity index (χ0n) is 29.8. The van der Waals surface area contributed by atoms with E-state index in [1.807, 2.05) is 22.7 Å². The molecule has 0 bridgehead atoms. The minimum atomic E-state index is 1.11. The van der Waals surface area contributed by atoms with Gasteiger partial charge in [-0.2, -0.15) is 0 Å². The Hall–Kier alpha value is -6.52. The first kappa shape index (κ1) is 32.0. The Balaban J connectivity index is 0.995. The maximum atomic E-state index is 2.38. The Morgan fingerprint density at radius 3 is 1.35 bits per heavy atom. The van der Waals surface area contributed by atoms with Gasteiger partial charge in [0.15, 0.2) is 0 Å². The normalized spacial score (nSPS) is 11.6. The third kappa shape index (κ3) is 5.60. The molecule has 0 unspecified atom stereocenters. The molecule has 3 heteroatoms. The molecule has 0 saturated carbocycles. The second-order valence-corrected chi connectivity index (χ2v) is 16.3. The van der Waals surface area contributed by atoms with E-state index in [9.17, 15) is 0 Å². The molecule has 0 saturated heterocycles. The number of benzene rings is 9. The maximum Gasteiger partial charge on any atom is 0.0467 e. The summed E-state index contributed by atoms with van der Waals surface area (Å²) in [5.74, 6) is 0. The van der Waals surface area contributed by atoms with Crippen LogP contribution in [0.5, 0.6) is 0 Å². The van der Waals surface area contributed by atoms with Gasteiger partial charge < -0.3 is 4.90 Å². The van der Waals surface area contributed by atoms with E-state index in [4.69, 9.17) is 0 Å². The van der Waals surface area contributed by atoms with Crippen molar-refractivity contribution >= 4 is 90.9 Å². The van der Waals surface area contributed by atoms with Crippen LogP contribution >= 0.6 is 22.7 Å². The Kier molecular flexibility index (Phi) is 7.61. The molecule has 0 aliphatic rings. The molecule has 258 valence electrons. The van der Waals surface area contributed by atoms with Crippen molar-refractivity contribution in [1.82, 2.24) is 0 Å². The summed E-state index contributed by atoms with van der Waals surface area (Å²) in [6, 6.07) is 73.5. The van der Waals surface area contributed by atoms with Gasteiger partial charge in [-0.05, 0) is 105 Å². The average Bonchev–Trinajstić information content (AvgIpc) is 3.82. The van der Waals surface area contributed by atoms with Gasteiger partial charge in [-0.1, -0.05) is 140 Å². The van der Waals surface area contributed by atoms with Gasteiger partial charge in [0.05, 0.1) is 0 Å². The van der Waals surface area contributed by atoms with Gasteiger partial charge in [0, 0.05) is 57.4 Å². The van der Waals surface area contributed by atoms with Crippen molar-refractivity contribution < 1.29 is 0 Å². The molecule has 0 aliphatic carbocycles. The van der Waals surface area contributed by atoms with Crippen LogP contribution in [0, 0.1) is 0 Å². The lowest BCUT2D eigenvalue weighted by molar-refractivity contribution is 1.28. The molecule has 2 aromatic heterocycles. The Morgan fingerprint density at radius 2 is 0.745 bits per heavy atom. The molecule has 0 amide bonds. The van der Waals surface area contributed by atoms with Gasteiger partial charge in [0.2, 0.25) is 0 Å². The molecule has 0 radical (unpaired) electrons. The summed E-state index contributed by atoms with van der Waals surface area (Å²) >= 11 is 3.73. The summed E-state index contributed by atoms with van der Waals surface area (Å²) in [4.78, 5) is 2.38. The maximum absolute atomic E-state index is 2.38. The van der Waals surface area contributed by atoms with Crippen LogP contribution in [0.3, 0.4) is 0 Å². The van der Waals surface area contributed by atoms with Gasteiger partial charge in [-0.25, -0.2) is 0 Å². The van der Waals surface area contributed by atoms with Crippen molar-refractivity contribution in [3.63, 3.8) is 0 Å². The van der Waals surface area contributed by atoms with Crippen molar-refractivity contribution in [3.05, 3.63) is 200 Å². The van der Waals surface area contributed by atoms with E-state index in [0.29, 0.717) is 0 Å². The summed E-state index contributed by atoms with van der Waals surface area (Å²) in [6.45, 7) is 0. The lowest BCUT2D eigenvalue weighted by Crippen LogP contribution is -2.10. The molecule has 11 rings (SSSR count). The van der Waals surface area contributed by atoms with Crippen molar-refractivity contribution in [2.45, 2.75) is 0 Å². The third-order valence-corrected chi connectivity index (χ3v) is 13.1. The van der Waals surface area contributed by atoms with Crippen LogP contribution < -0.4 is 4.90 Å². The summed E-state index contributed by atoms with van der Waals surface area (Å²) in [7, 11) is 0. The topological polar surface area (TPSA) is 3.24 Å².